The van der Waals surface area contributed by atoms with Crippen molar-refractivity contribution in [3.63, 3.8) is 0 Å². The maximum absolute atomic E-state index is 11.7. The monoisotopic (exact) mass is 307 g/mol. The third-order valence-electron chi connectivity index (χ3n) is 2.88. The zero-order valence-corrected chi connectivity index (χ0v) is 12.8. The summed E-state index contributed by atoms with van der Waals surface area (Å²) < 4.78 is 6.96. The van der Waals surface area contributed by atoms with Crippen molar-refractivity contribution in [1.29, 1.82) is 0 Å². The molecule has 0 atom stereocenters. The Hall–Kier alpha value is -2.02. The zero-order chi connectivity index (χ0) is 15.4. The van der Waals surface area contributed by atoms with Crippen LogP contribution in [0.15, 0.2) is 23.4 Å². The van der Waals surface area contributed by atoms with Gasteiger partial charge in [-0.1, -0.05) is 11.8 Å². The topological polar surface area (TPSA) is 87.2 Å². The molecule has 1 aromatic heterocycles. The van der Waals surface area contributed by atoms with E-state index >= 15 is 0 Å². The van der Waals surface area contributed by atoms with Crippen LogP contribution in [-0.4, -0.2) is 33.8 Å². The molecule has 1 aromatic carbocycles. The number of aromatic nitrogens is 2. The second-order valence-electron chi connectivity index (χ2n) is 4.32. The summed E-state index contributed by atoms with van der Waals surface area (Å²) in [6.07, 6.45) is 0. The van der Waals surface area contributed by atoms with Gasteiger partial charge in [0.15, 0.2) is 5.16 Å². The number of nitrogens with two attached hydrogens (primary N) is 1. The highest BCUT2D eigenvalue weighted by Crippen LogP contribution is 2.25. The minimum Gasteiger partial charge on any atom is -0.462 e. The van der Waals surface area contributed by atoms with Gasteiger partial charge in [0.05, 0.1) is 29.0 Å². The predicted octanol–water partition coefficient (Wildman–Crippen LogP) is 1.81. The van der Waals surface area contributed by atoms with Gasteiger partial charge < -0.3 is 15.0 Å². The first-order chi connectivity index (χ1) is 10.1. The lowest BCUT2D eigenvalue weighted by atomic mass is 10.2. The highest BCUT2D eigenvalue weighted by molar-refractivity contribution is 7.99. The SMILES string of the molecule is CCOC(=O)c1ccc2c(c1)nc(SCC(N)=O)n2CC. The first kappa shape index (κ1) is 15.4. The highest BCUT2D eigenvalue weighted by atomic mass is 32.2. The van der Waals surface area contributed by atoms with Crippen LogP contribution in [0.3, 0.4) is 0 Å². The van der Waals surface area contributed by atoms with Crippen molar-refractivity contribution in [2.45, 2.75) is 25.5 Å². The molecule has 6 nitrogen and oxygen atoms in total. The number of imidazole rings is 1. The maximum atomic E-state index is 11.7. The van der Waals surface area contributed by atoms with Crippen LogP contribution in [0.1, 0.15) is 24.2 Å². The Kier molecular flexibility index (Phi) is 4.85. The van der Waals surface area contributed by atoms with Gasteiger partial charge in [0.2, 0.25) is 5.91 Å². The van der Waals surface area contributed by atoms with Crippen molar-refractivity contribution < 1.29 is 14.3 Å². The van der Waals surface area contributed by atoms with Crippen LogP contribution in [0.2, 0.25) is 0 Å². The van der Waals surface area contributed by atoms with Gasteiger partial charge in [-0.15, -0.1) is 0 Å². The average Bonchev–Trinajstić information content (AvgIpc) is 2.81. The molecule has 0 fully saturated rings. The molecule has 2 rings (SSSR count). The van der Waals surface area contributed by atoms with E-state index in [4.69, 9.17) is 10.5 Å². The number of carbonyl (C=O) groups excluding carboxylic acids is 2. The van der Waals surface area contributed by atoms with E-state index in [2.05, 4.69) is 4.98 Å². The van der Waals surface area contributed by atoms with Gasteiger partial charge in [0.1, 0.15) is 0 Å². The number of hydrogen-bond acceptors (Lipinski definition) is 5. The molecule has 0 aliphatic rings. The molecule has 112 valence electrons. The molecule has 1 heterocycles. The molecule has 0 aliphatic carbocycles. The Balaban J connectivity index is 2.39. The van der Waals surface area contributed by atoms with Crippen molar-refractivity contribution in [1.82, 2.24) is 9.55 Å². The standard InChI is InChI=1S/C14H17N3O3S/c1-3-17-11-6-5-9(13(19)20-4-2)7-10(11)16-14(17)21-8-12(15)18/h5-7H,3-4,8H2,1-2H3,(H2,15,18). The van der Waals surface area contributed by atoms with Crippen molar-refractivity contribution >= 4 is 34.7 Å². The van der Waals surface area contributed by atoms with E-state index in [1.54, 1.807) is 19.1 Å². The lowest BCUT2D eigenvalue weighted by Crippen LogP contribution is -2.13. The van der Waals surface area contributed by atoms with E-state index in [9.17, 15) is 9.59 Å². The summed E-state index contributed by atoms with van der Waals surface area (Å²) in [5.41, 5.74) is 7.25. The third-order valence-corrected chi connectivity index (χ3v) is 3.88. The Bertz CT molecular complexity index is 681. The van der Waals surface area contributed by atoms with Crippen LogP contribution < -0.4 is 5.73 Å². The fourth-order valence-electron chi connectivity index (χ4n) is 2.00. The van der Waals surface area contributed by atoms with Crippen LogP contribution in [0.25, 0.3) is 11.0 Å². The van der Waals surface area contributed by atoms with Gasteiger partial charge >= 0.3 is 5.97 Å². The second kappa shape index (κ2) is 6.62. The molecular formula is C14H17N3O3S. The van der Waals surface area contributed by atoms with E-state index in [1.165, 1.54) is 11.8 Å². The molecule has 2 aromatic rings. The molecule has 0 saturated carbocycles. The predicted molar refractivity (Wildman–Crippen MR) is 81.3 cm³/mol. The summed E-state index contributed by atoms with van der Waals surface area (Å²) in [5, 5.41) is 0.715. The number of aryl methyl sites for hydroxylation is 1. The van der Waals surface area contributed by atoms with Crippen molar-refractivity contribution in [3.8, 4) is 0 Å². The molecular weight excluding hydrogens is 290 g/mol. The number of benzene rings is 1. The zero-order valence-electron chi connectivity index (χ0n) is 12.0. The largest absolute Gasteiger partial charge is 0.462 e. The molecule has 21 heavy (non-hydrogen) atoms. The third kappa shape index (κ3) is 3.36. The number of nitrogens with zero attached hydrogens (tertiary/aromatic N) is 2. The van der Waals surface area contributed by atoms with Crippen molar-refractivity contribution in [2.75, 3.05) is 12.4 Å². The average molecular weight is 307 g/mol. The molecule has 0 unspecified atom stereocenters. The number of amides is 1. The van der Waals surface area contributed by atoms with Crippen LogP contribution in [0, 0.1) is 0 Å². The van der Waals surface area contributed by atoms with Gasteiger partial charge in [0, 0.05) is 6.54 Å². The molecule has 0 aliphatic heterocycles. The number of ether oxygens (including phenoxy) is 1. The van der Waals surface area contributed by atoms with E-state index in [0.717, 1.165) is 12.1 Å². The van der Waals surface area contributed by atoms with Crippen LogP contribution >= 0.6 is 11.8 Å². The van der Waals surface area contributed by atoms with Crippen LogP contribution in [0.4, 0.5) is 0 Å². The molecule has 0 saturated heterocycles. The molecule has 1 amide bonds. The Morgan fingerprint density at radius 1 is 1.38 bits per heavy atom. The normalized spacial score (nSPS) is 10.8. The first-order valence-corrected chi connectivity index (χ1v) is 7.63. The van der Waals surface area contributed by atoms with Gasteiger partial charge in [-0.3, -0.25) is 4.79 Å². The second-order valence-corrected chi connectivity index (χ2v) is 5.26. The van der Waals surface area contributed by atoms with Crippen LogP contribution in [-0.2, 0) is 16.1 Å². The number of esters is 1. The Morgan fingerprint density at radius 3 is 2.76 bits per heavy atom. The fraction of sp³-hybridized carbons (Fsp3) is 0.357. The summed E-state index contributed by atoms with van der Waals surface area (Å²) in [4.78, 5) is 27.1. The summed E-state index contributed by atoms with van der Waals surface area (Å²) >= 11 is 1.29. The summed E-state index contributed by atoms with van der Waals surface area (Å²) in [6, 6.07) is 5.26. The van der Waals surface area contributed by atoms with Gasteiger partial charge in [-0.25, -0.2) is 9.78 Å². The van der Waals surface area contributed by atoms with E-state index in [1.807, 2.05) is 17.6 Å². The van der Waals surface area contributed by atoms with E-state index < -0.39 is 0 Å². The van der Waals surface area contributed by atoms with Crippen molar-refractivity contribution in [3.05, 3.63) is 23.8 Å². The summed E-state index contributed by atoms with van der Waals surface area (Å²) in [7, 11) is 0. The summed E-state index contributed by atoms with van der Waals surface area (Å²) in [5.74, 6) is -0.577. The quantitative estimate of drug-likeness (QED) is 0.649. The number of rotatable bonds is 6. The van der Waals surface area contributed by atoms with E-state index in [0.29, 0.717) is 22.8 Å². The first-order valence-electron chi connectivity index (χ1n) is 6.65. The van der Waals surface area contributed by atoms with Gasteiger partial charge in [-0.2, -0.15) is 0 Å². The fourth-order valence-corrected chi connectivity index (χ4v) is 2.82. The lowest BCUT2D eigenvalue weighted by molar-refractivity contribution is -0.115. The number of carbonyl (C=O) groups is 2. The lowest BCUT2D eigenvalue weighted by Gasteiger charge is -2.05. The van der Waals surface area contributed by atoms with Crippen molar-refractivity contribution in [2.24, 2.45) is 5.73 Å². The molecule has 7 heteroatoms. The molecule has 0 bridgehead atoms. The number of thioether (sulfide) groups is 1. The van der Waals surface area contributed by atoms with Gasteiger partial charge in [-0.05, 0) is 32.0 Å². The van der Waals surface area contributed by atoms with Crippen LogP contribution in [0.5, 0.6) is 0 Å². The minimum absolute atomic E-state index is 0.175. The highest BCUT2D eigenvalue weighted by Gasteiger charge is 2.14. The molecule has 2 N–H and O–H groups in total. The number of primary amides is 1. The van der Waals surface area contributed by atoms with Gasteiger partial charge in [0.25, 0.3) is 0 Å². The molecule has 0 radical (unpaired) electrons. The maximum Gasteiger partial charge on any atom is 0.338 e. The summed E-state index contributed by atoms with van der Waals surface area (Å²) in [6.45, 7) is 4.81. The van der Waals surface area contributed by atoms with E-state index in [-0.39, 0.29) is 17.6 Å². The number of hydrogen-bond donors (Lipinski definition) is 1. The smallest absolute Gasteiger partial charge is 0.338 e. The minimum atomic E-state index is -0.387. The Morgan fingerprint density at radius 2 is 2.14 bits per heavy atom. The number of fused-ring (bicyclic) bond motifs is 1. The Labute approximate surface area is 126 Å². The molecule has 0 spiro atoms.